The lowest BCUT2D eigenvalue weighted by Crippen LogP contribution is -2.46. The standard InChI is InChI=1S/C24H26N4O2/c1-26-20-9-5-4-8-19(20)25-22(26)15-27-12-10-17(11-13-27)28-23-18-7-3-2-6-16(18)14-21(23)30-24(28)29/h2-9,17,21,23H,10-15H2,1H3. The van der Waals surface area contributed by atoms with Gasteiger partial charge in [0.15, 0.2) is 0 Å². The Morgan fingerprint density at radius 3 is 2.67 bits per heavy atom. The molecule has 3 aromatic rings. The van der Waals surface area contributed by atoms with E-state index in [9.17, 15) is 4.79 Å². The van der Waals surface area contributed by atoms with Gasteiger partial charge in [0.25, 0.3) is 0 Å². The zero-order valence-electron chi connectivity index (χ0n) is 17.2. The molecule has 0 bridgehead atoms. The zero-order valence-corrected chi connectivity index (χ0v) is 17.2. The van der Waals surface area contributed by atoms with Gasteiger partial charge < -0.3 is 9.30 Å². The van der Waals surface area contributed by atoms with Gasteiger partial charge in [-0.1, -0.05) is 36.4 Å². The molecule has 6 rings (SSSR count). The summed E-state index contributed by atoms with van der Waals surface area (Å²) >= 11 is 0. The van der Waals surface area contributed by atoms with E-state index in [1.807, 2.05) is 11.0 Å². The number of rotatable bonds is 3. The number of likely N-dealkylation sites (tertiary alicyclic amines) is 1. The molecular weight excluding hydrogens is 376 g/mol. The largest absolute Gasteiger partial charge is 0.443 e. The van der Waals surface area contributed by atoms with Crippen molar-refractivity contribution in [1.82, 2.24) is 19.4 Å². The number of imidazole rings is 1. The SMILES string of the molecule is Cn1c(CN2CCC(N3C(=O)OC4Cc5ccccc5C43)CC2)nc2ccccc21. The first-order chi connectivity index (χ1) is 14.7. The maximum absolute atomic E-state index is 12.7. The molecule has 3 heterocycles. The predicted octanol–water partition coefficient (Wildman–Crippen LogP) is 3.66. The second kappa shape index (κ2) is 6.84. The Balaban J connectivity index is 1.16. The topological polar surface area (TPSA) is 50.6 Å². The Kier molecular flexibility index (Phi) is 4.09. The van der Waals surface area contributed by atoms with Crippen molar-refractivity contribution in [3.8, 4) is 0 Å². The molecule has 2 fully saturated rings. The number of piperidine rings is 1. The van der Waals surface area contributed by atoms with Crippen LogP contribution in [0.1, 0.15) is 35.8 Å². The van der Waals surface area contributed by atoms with E-state index in [0.29, 0.717) is 0 Å². The molecule has 2 atom stereocenters. The summed E-state index contributed by atoms with van der Waals surface area (Å²) in [7, 11) is 2.09. The number of benzene rings is 2. The summed E-state index contributed by atoms with van der Waals surface area (Å²) in [6, 6.07) is 17.1. The first kappa shape index (κ1) is 18.0. The quantitative estimate of drug-likeness (QED) is 0.671. The van der Waals surface area contributed by atoms with E-state index in [2.05, 4.69) is 59.0 Å². The summed E-state index contributed by atoms with van der Waals surface area (Å²) in [5, 5.41) is 0. The van der Waals surface area contributed by atoms with Crippen molar-refractivity contribution in [2.45, 2.75) is 44.0 Å². The molecule has 1 aliphatic carbocycles. The molecule has 0 spiro atoms. The second-order valence-electron chi connectivity index (χ2n) is 8.76. The summed E-state index contributed by atoms with van der Waals surface area (Å²) in [5.41, 5.74) is 4.82. The van der Waals surface area contributed by atoms with Gasteiger partial charge in [0.1, 0.15) is 11.9 Å². The molecular formula is C24H26N4O2. The fourth-order valence-electron chi connectivity index (χ4n) is 5.54. The highest BCUT2D eigenvalue weighted by Gasteiger charge is 2.50. The van der Waals surface area contributed by atoms with Crippen LogP contribution in [0.4, 0.5) is 4.79 Å². The van der Waals surface area contributed by atoms with E-state index in [4.69, 9.17) is 9.72 Å². The molecule has 154 valence electrons. The van der Waals surface area contributed by atoms with Crippen molar-refractivity contribution in [2.75, 3.05) is 13.1 Å². The van der Waals surface area contributed by atoms with Crippen molar-refractivity contribution in [1.29, 1.82) is 0 Å². The van der Waals surface area contributed by atoms with Gasteiger partial charge in [-0.15, -0.1) is 0 Å². The monoisotopic (exact) mass is 402 g/mol. The van der Waals surface area contributed by atoms with Gasteiger partial charge in [-0.2, -0.15) is 0 Å². The third-order valence-corrected chi connectivity index (χ3v) is 7.10. The zero-order chi connectivity index (χ0) is 20.2. The molecule has 6 heteroatoms. The lowest BCUT2D eigenvalue weighted by atomic mass is 9.99. The molecule has 6 nitrogen and oxygen atoms in total. The van der Waals surface area contributed by atoms with Gasteiger partial charge in [-0.25, -0.2) is 9.78 Å². The van der Waals surface area contributed by atoms with E-state index < -0.39 is 0 Å². The summed E-state index contributed by atoms with van der Waals surface area (Å²) < 4.78 is 7.96. The highest BCUT2D eigenvalue weighted by atomic mass is 16.6. The van der Waals surface area contributed by atoms with Crippen LogP contribution in [0.2, 0.25) is 0 Å². The maximum atomic E-state index is 12.7. The van der Waals surface area contributed by atoms with Crippen LogP contribution in [-0.4, -0.2) is 50.7 Å². The maximum Gasteiger partial charge on any atom is 0.411 e. The number of ether oxygens (including phenoxy) is 1. The first-order valence-electron chi connectivity index (χ1n) is 10.9. The number of hydrogen-bond donors (Lipinski definition) is 0. The van der Waals surface area contributed by atoms with Crippen LogP contribution in [0, 0.1) is 0 Å². The minimum absolute atomic E-state index is 0.0204. The minimum atomic E-state index is -0.131. The summed E-state index contributed by atoms with van der Waals surface area (Å²) in [6.07, 6.45) is 2.64. The Hall–Kier alpha value is -2.86. The van der Waals surface area contributed by atoms with Crippen molar-refractivity contribution in [3.63, 3.8) is 0 Å². The van der Waals surface area contributed by atoms with Crippen LogP contribution in [0.25, 0.3) is 11.0 Å². The van der Waals surface area contributed by atoms with E-state index in [0.717, 1.165) is 50.2 Å². The van der Waals surface area contributed by atoms with Crippen molar-refractivity contribution >= 4 is 17.1 Å². The van der Waals surface area contributed by atoms with Gasteiger partial charge in [-0.05, 0) is 36.1 Å². The van der Waals surface area contributed by atoms with Crippen molar-refractivity contribution in [2.24, 2.45) is 7.05 Å². The number of carbonyl (C=O) groups is 1. The Morgan fingerprint density at radius 2 is 1.83 bits per heavy atom. The van der Waals surface area contributed by atoms with Crippen LogP contribution < -0.4 is 0 Å². The second-order valence-corrected chi connectivity index (χ2v) is 8.76. The molecule has 2 unspecified atom stereocenters. The van der Waals surface area contributed by atoms with E-state index in [-0.39, 0.29) is 24.3 Å². The van der Waals surface area contributed by atoms with Gasteiger partial charge >= 0.3 is 6.09 Å². The summed E-state index contributed by atoms with van der Waals surface area (Å²) in [6.45, 7) is 2.78. The molecule has 2 aliphatic heterocycles. The molecule has 1 aromatic heterocycles. The summed E-state index contributed by atoms with van der Waals surface area (Å²) in [5.74, 6) is 1.10. The third-order valence-electron chi connectivity index (χ3n) is 7.10. The molecule has 0 saturated carbocycles. The number of aromatic nitrogens is 2. The molecule has 30 heavy (non-hydrogen) atoms. The number of nitrogens with zero attached hydrogens (tertiary/aromatic N) is 4. The summed E-state index contributed by atoms with van der Waals surface area (Å²) in [4.78, 5) is 22.0. The van der Waals surface area contributed by atoms with Gasteiger partial charge in [0.2, 0.25) is 0 Å². The average molecular weight is 402 g/mol. The van der Waals surface area contributed by atoms with Crippen LogP contribution in [-0.2, 0) is 24.8 Å². The third kappa shape index (κ3) is 2.74. The van der Waals surface area contributed by atoms with Gasteiger partial charge in [0, 0.05) is 32.6 Å². The number of amides is 1. The van der Waals surface area contributed by atoms with Crippen LogP contribution in [0.5, 0.6) is 0 Å². The van der Waals surface area contributed by atoms with Crippen molar-refractivity contribution in [3.05, 3.63) is 65.5 Å². The number of aryl methyl sites for hydroxylation is 1. The molecule has 2 aromatic carbocycles. The molecule has 0 N–H and O–H groups in total. The van der Waals surface area contributed by atoms with Crippen molar-refractivity contribution < 1.29 is 9.53 Å². The fourth-order valence-corrected chi connectivity index (χ4v) is 5.54. The van der Waals surface area contributed by atoms with E-state index >= 15 is 0 Å². The number of para-hydroxylation sites is 2. The van der Waals surface area contributed by atoms with E-state index in [1.54, 1.807) is 0 Å². The van der Waals surface area contributed by atoms with Gasteiger partial charge in [-0.3, -0.25) is 9.80 Å². The fraction of sp³-hybridized carbons (Fsp3) is 0.417. The van der Waals surface area contributed by atoms with E-state index in [1.165, 1.54) is 16.6 Å². The first-order valence-corrected chi connectivity index (χ1v) is 10.9. The normalized spacial score (nSPS) is 24.3. The lowest BCUT2D eigenvalue weighted by molar-refractivity contribution is 0.102. The smallest absolute Gasteiger partial charge is 0.411 e. The van der Waals surface area contributed by atoms with Crippen LogP contribution in [0.3, 0.4) is 0 Å². The molecule has 1 amide bonds. The number of carbonyl (C=O) groups excluding carboxylic acids is 1. The average Bonchev–Trinajstić information content (AvgIpc) is 3.38. The Labute approximate surface area is 176 Å². The highest BCUT2D eigenvalue weighted by molar-refractivity contribution is 5.75. The minimum Gasteiger partial charge on any atom is -0.443 e. The lowest BCUT2D eigenvalue weighted by Gasteiger charge is -2.37. The Bertz CT molecular complexity index is 1120. The van der Waals surface area contributed by atoms with Gasteiger partial charge in [0.05, 0.1) is 23.6 Å². The molecule has 2 saturated heterocycles. The predicted molar refractivity (Wildman–Crippen MR) is 114 cm³/mol. The number of hydrogen-bond acceptors (Lipinski definition) is 4. The number of fused-ring (bicyclic) bond motifs is 4. The highest BCUT2D eigenvalue weighted by Crippen LogP contribution is 2.44. The molecule has 3 aliphatic rings. The molecule has 0 radical (unpaired) electrons. The Morgan fingerprint density at radius 1 is 1.07 bits per heavy atom. The van der Waals surface area contributed by atoms with Crippen LogP contribution >= 0.6 is 0 Å². The van der Waals surface area contributed by atoms with Crippen LogP contribution in [0.15, 0.2) is 48.5 Å².